The molecule has 1 aromatic heterocycles. The van der Waals surface area contributed by atoms with Gasteiger partial charge in [0.25, 0.3) is 0 Å². The molecule has 1 aromatic rings. The standard InChI is InChI=1S/C13H22N4/c1-3-4-11-7-13(16-9-15-11)17-6-5-12(14)10(2)8-17/h7,9-10,12H,3-6,8,14H2,1-2H3. The molecule has 2 rings (SSSR count). The molecule has 2 unspecified atom stereocenters. The number of nitrogens with two attached hydrogens (primary N) is 1. The first kappa shape index (κ1) is 12.3. The van der Waals surface area contributed by atoms with Crippen molar-refractivity contribution >= 4 is 5.82 Å². The Morgan fingerprint density at radius 2 is 2.29 bits per heavy atom. The molecule has 0 saturated carbocycles. The lowest BCUT2D eigenvalue weighted by Crippen LogP contribution is -2.46. The predicted octanol–water partition coefficient (Wildman–Crippen LogP) is 1.60. The van der Waals surface area contributed by atoms with E-state index >= 15 is 0 Å². The van der Waals surface area contributed by atoms with Crippen molar-refractivity contribution in [2.45, 2.75) is 39.2 Å². The number of aryl methyl sites for hydroxylation is 1. The van der Waals surface area contributed by atoms with Crippen molar-refractivity contribution in [2.24, 2.45) is 11.7 Å². The van der Waals surface area contributed by atoms with Crippen molar-refractivity contribution in [2.75, 3.05) is 18.0 Å². The Balaban J connectivity index is 2.09. The van der Waals surface area contributed by atoms with E-state index in [0.717, 1.165) is 43.9 Å². The minimum atomic E-state index is 0.336. The summed E-state index contributed by atoms with van der Waals surface area (Å²) in [4.78, 5) is 11.0. The predicted molar refractivity (Wildman–Crippen MR) is 70.0 cm³/mol. The van der Waals surface area contributed by atoms with Crippen LogP contribution in [0.25, 0.3) is 0 Å². The topological polar surface area (TPSA) is 55.0 Å². The Morgan fingerprint density at radius 1 is 1.47 bits per heavy atom. The fourth-order valence-corrected chi connectivity index (χ4v) is 2.32. The van der Waals surface area contributed by atoms with Gasteiger partial charge in [0.2, 0.25) is 0 Å². The van der Waals surface area contributed by atoms with E-state index in [1.54, 1.807) is 6.33 Å². The van der Waals surface area contributed by atoms with Crippen LogP contribution in [-0.4, -0.2) is 29.1 Å². The van der Waals surface area contributed by atoms with Gasteiger partial charge in [-0.1, -0.05) is 20.3 Å². The van der Waals surface area contributed by atoms with Gasteiger partial charge in [-0.3, -0.25) is 0 Å². The molecule has 0 aliphatic carbocycles. The molecular weight excluding hydrogens is 212 g/mol. The zero-order valence-corrected chi connectivity index (χ0v) is 10.8. The quantitative estimate of drug-likeness (QED) is 0.863. The fraction of sp³-hybridized carbons (Fsp3) is 0.692. The third-order valence-electron chi connectivity index (χ3n) is 3.51. The summed E-state index contributed by atoms with van der Waals surface area (Å²) in [7, 11) is 0. The lowest BCUT2D eigenvalue weighted by Gasteiger charge is -2.35. The molecule has 4 heteroatoms. The molecule has 0 amide bonds. The van der Waals surface area contributed by atoms with Gasteiger partial charge in [0, 0.05) is 30.9 Å². The number of nitrogens with zero attached hydrogens (tertiary/aromatic N) is 3. The number of rotatable bonds is 3. The van der Waals surface area contributed by atoms with Crippen LogP contribution in [0, 0.1) is 5.92 Å². The molecule has 1 saturated heterocycles. The normalized spacial score (nSPS) is 25.0. The molecule has 0 spiro atoms. The van der Waals surface area contributed by atoms with E-state index in [4.69, 9.17) is 5.73 Å². The molecule has 0 bridgehead atoms. The van der Waals surface area contributed by atoms with Crippen LogP contribution in [0.2, 0.25) is 0 Å². The Bertz CT molecular complexity index is 366. The van der Waals surface area contributed by atoms with Gasteiger partial charge in [-0.15, -0.1) is 0 Å². The van der Waals surface area contributed by atoms with Crippen LogP contribution < -0.4 is 10.6 Å². The summed E-state index contributed by atoms with van der Waals surface area (Å²) in [6.07, 6.45) is 4.88. The van der Waals surface area contributed by atoms with Crippen molar-refractivity contribution in [3.8, 4) is 0 Å². The van der Waals surface area contributed by atoms with Gasteiger partial charge in [0.1, 0.15) is 12.1 Å². The molecule has 2 N–H and O–H groups in total. The van der Waals surface area contributed by atoms with E-state index in [1.165, 1.54) is 0 Å². The van der Waals surface area contributed by atoms with Crippen LogP contribution in [0.3, 0.4) is 0 Å². The first-order valence-electron chi connectivity index (χ1n) is 6.52. The highest BCUT2D eigenvalue weighted by Gasteiger charge is 2.23. The van der Waals surface area contributed by atoms with E-state index in [-0.39, 0.29) is 0 Å². The minimum Gasteiger partial charge on any atom is -0.356 e. The van der Waals surface area contributed by atoms with E-state index < -0.39 is 0 Å². The molecule has 0 radical (unpaired) electrons. The maximum atomic E-state index is 6.04. The second kappa shape index (κ2) is 5.45. The van der Waals surface area contributed by atoms with Gasteiger partial charge in [-0.2, -0.15) is 0 Å². The van der Waals surface area contributed by atoms with Crippen LogP contribution in [-0.2, 0) is 6.42 Å². The van der Waals surface area contributed by atoms with Crippen molar-refractivity contribution in [3.63, 3.8) is 0 Å². The molecule has 94 valence electrons. The average molecular weight is 234 g/mol. The van der Waals surface area contributed by atoms with Crippen molar-refractivity contribution < 1.29 is 0 Å². The van der Waals surface area contributed by atoms with Crippen molar-refractivity contribution in [1.82, 2.24) is 9.97 Å². The summed E-state index contributed by atoms with van der Waals surface area (Å²) in [5.41, 5.74) is 7.18. The van der Waals surface area contributed by atoms with Gasteiger partial charge in [-0.25, -0.2) is 9.97 Å². The molecular formula is C13H22N4. The Morgan fingerprint density at radius 3 is 3.00 bits per heavy atom. The molecule has 2 heterocycles. The highest BCUT2D eigenvalue weighted by molar-refractivity contribution is 5.39. The lowest BCUT2D eigenvalue weighted by atomic mass is 9.95. The second-order valence-corrected chi connectivity index (χ2v) is 4.99. The fourth-order valence-electron chi connectivity index (χ4n) is 2.32. The van der Waals surface area contributed by atoms with Gasteiger partial charge >= 0.3 is 0 Å². The van der Waals surface area contributed by atoms with Crippen LogP contribution >= 0.6 is 0 Å². The number of aromatic nitrogens is 2. The van der Waals surface area contributed by atoms with Gasteiger partial charge in [0.05, 0.1) is 0 Å². The summed E-state index contributed by atoms with van der Waals surface area (Å²) in [5, 5.41) is 0. The zero-order valence-electron chi connectivity index (χ0n) is 10.8. The number of anilines is 1. The summed E-state index contributed by atoms with van der Waals surface area (Å²) >= 11 is 0. The van der Waals surface area contributed by atoms with E-state index in [9.17, 15) is 0 Å². The molecule has 4 nitrogen and oxygen atoms in total. The van der Waals surface area contributed by atoms with Crippen molar-refractivity contribution in [1.29, 1.82) is 0 Å². The molecule has 2 atom stereocenters. The van der Waals surface area contributed by atoms with E-state index in [2.05, 4.69) is 34.8 Å². The monoisotopic (exact) mass is 234 g/mol. The summed E-state index contributed by atoms with van der Waals surface area (Å²) < 4.78 is 0. The van der Waals surface area contributed by atoms with Gasteiger partial charge < -0.3 is 10.6 Å². The largest absolute Gasteiger partial charge is 0.356 e. The number of hydrogen-bond donors (Lipinski definition) is 1. The average Bonchev–Trinajstić information content (AvgIpc) is 2.33. The van der Waals surface area contributed by atoms with E-state index in [0.29, 0.717) is 12.0 Å². The summed E-state index contributed by atoms with van der Waals surface area (Å²) in [6, 6.07) is 2.45. The highest BCUT2D eigenvalue weighted by atomic mass is 15.2. The Labute approximate surface area is 103 Å². The molecule has 17 heavy (non-hydrogen) atoms. The second-order valence-electron chi connectivity index (χ2n) is 4.99. The van der Waals surface area contributed by atoms with Crippen LogP contribution in [0.1, 0.15) is 32.4 Å². The van der Waals surface area contributed by atoms with Crippen LogP contribution in [0.5, 0.6) is 0 Å². The zero-order chi connectivity index (χ0) is 12.3. The van der Waals surface area contributed by atoms with E-state index in [1.807, 2.05) is 0 Å². The smallest absolute Gasteiger partial charge is 0.132 e. The third kappa shape index (κ3) is 2.94. The maximum Gasteiger partial charge on any atom is 0.132 e. The molecule has 1 aliphatic rings. The van der Waals surface area contributed by atoms with Crippen LogP contribution in [0.15, 0.2) is 12.4 Å². The first-order valence-corrected chi connectivity index (χ1v) is 6.52. The maximum absolute atomic E-state index is 6.04. The number of piperidine rings is 1. The van der Waals surface area contributed by atoms with Gasteiger partial charge in [-0.05, 0) is 18.8 Å². The molecule has 0 aromatic carbocycles. The SMILES string of the molecule is CCCc1cc(N2CCC(N)C(C)C2)ncn1. The minimum absolute atomic E-state index is 0.336. The van der Waals surface area contributed by atoms with Gasteiger partial charge in [0.15, 0.2) is 0 Å². The number of hydrogen-bond acceptors (Lipinski definition) is 4. The van der Waals surface area contributed by atoms with Crippen molar-refractivity contribution in [3.05, 3.63) is 18.1 Å². The van der Waals surface area contributed by atoms with Crippen LogP contribution in [0.4, 0.5) is 5.82 Å². The Hall–Kier alpha value is -1.16. The first-order chi connectivity index (χ1) is 8.20. The highest BCUT2D eigenvalue weighted by Crippen LogP contribution is 2.20. The molecule has 1 fully saturated rings. The summed E-state index contributed by atoms with van der Waals surface area (Å²) in [6.45, 7) is 6.40. The lowest BCUT2D eigenvalue weighted by molar-refractivity contribution is 0.381. The molecule has 1 aliphatic heterocycles. The summed E-state index contributed by atoms with van der Waals surface area (Å²) in [5.74, 6) is 1.59. The Kier molecular flexibility index (Phi) is 3.94. The third-order valence-corrected chi connectivity index (χ3v) is 3.51.